The van der Waals surface area contributed by atoms with E-state index in [0.29, 0.717) is 36.8 Å². The van der Waals surface area contributed by atoms with E-state index in [1.165, 1.54) is 0 Å². The van der Waals surface area contributed by atoms with E-state index in [0.717, 1.165) is 17.9 Å². The van der Waals surface area contributed by atoms with Crippen molar-refractivity contribution in [1.29, 1.82) is 0 Å². The number of aliphatic carboxylic acids is 1. The van der Waals surface area contributed by atoms with Crippen molar-refractivity contribution < 1.29 is 48.4 Å². The number of benzene rings is 1. The molecule has 0 radical (unpaired) electrons. The van der Waals surface area contributed by atoms with Crippen molar-refractivity contribution in [1.82, 2.24) is 10.4 Å². The Hall–Kier alpha value is -3.55. The molecular weight excluding hydrogens is 562 g/mol. The summed E-state index contributed by atoms with van der Waals surface area (Å²) >= 11 is 0. The Bertz CT molecular complexity index is 1140. The molecule has 0 amide bonds. The summed E-state index contributed by atoms with van der Waals surface area (Å²) < 4.78 is 5.41. The standard InChI is InChI=1S/C30H43N3O10/c1-3-5-6-16-26(36)42-43-29(39)30-21-13-8-7-12-20(21)17-22(31)28(38)41-33(24(30)14-9-10-15-25(34)35)19-40-27(37)18-32-23(30)11-4-2/h7-8,12-13,22-24,32H,3-6,9-11,14-19,31H2,1-2H3,(H,34,35). The Morgan fingerprint density at radius 3 is 2.51 bits per heavy atom. The van der Waals surface area contributed by atoms with E-state index in [1.54, 1.807) is 24.3 Å². The van der Waals surface area contributed by atoms with Crippen molar-refractivity contribution in [2.24, 2.45) is 5.73 Å². The lowest BCUT2D eigenvalue weighted by molar-refractivity contribution is -0.273. The number of cyclic esters (lactones) is 1. The van der Waals surface area contributed by atoms with Crippen molar-refractivity contribution in [3.63, 3.8) is 0 Å². The van der Waals surface area contributed by atoms with Crippen LogP contribution in [-0.4, -0.2) is 71.4 Å². The van der Waals surface area contributed by atoms with Gasteiger partial charge in [0, 0.05) is 12.5 Å². The lowest BCUT2D eigenvalue weighted by atomic mass is 9.64. The van der Waals surface area contributed by atoms with Gasteiger partial charge in [-0.1, -0.05) is 68.9 Å². The predicted molar refractivity (Wildman–Crippen MR) is 152 cm³/mol. The summed E-state index contributed by atoms with van der Waals surface area (Å²) in [7, 11) is 0. The third-order valence-electron chi connectivity index (χ3n) is 7.91. The molecule has 0 spiro atoms. The Morgan fingerprint density at radius 2 is 1.79 bits per heavy atom. The van der Waals surface area contributed by atoms with Gasteiger partial charge >= 0.3 is 29.8 Å². The molecular formula is C30H43N3O10. The number of rotatable bonds is 12. The number of carbonyl (C=O) groups is 5. The largest absolute Gasteiger partial charge is 0.481 e. The number of carboxylic acid groups (broad SMARTS) is 1. The summed E-state index contributed by atoms with van der Waals surface area (Å²) in [6, 6.07) is 4.02. The van der Waals surface area contributed by atoms with Crippen molar-refractivity contribution in [2.75, 3.05) is 13.3 Å². The summed E-state index contributed by atoms with van der Waals surface area (Å²) in [4.78, 5) is 80.5. The molecule has 13 nitrogen and oxygen atoms in total. The fourth-order valence-electron chi connectivity index (χ4n) is 5.87. The second-order valence-electron chi connectivity index (χ2n) is 11.0. The fourth-order valence-corrected chi connectivity index (χ4v) is 5.87. The molecule has 2 aliphatic rings. The van der Waals surface area contributed by atoms with Gasteiger partial charge < -0.3 is 25.7 Å². The third kappa shape index (κ3) is 8.52. The Labute approximate surface area is 251 Å². The summed E-state index contributed by atoms with van der Waals surface area (Å²) in [5, 5.41) is 13.5. The molecule has 1 fully saturated rings. The second kappa shape index (κ2) is 16.3. The molecule has 2 aliphatic heterocycles. The Kier molecular flexibility index (Phi) is 12.9. The smallest absolute Gasteiger partial charge is 0.369 e. The highest BCUT2D eigenvalue weighted by Gasteiger charge is 2.59. The zero-order chi connectivity index (χ0) is 31.4. The van der Waals surface area contributed by atoms with E-state index in [9.17, 15) is 29.1 Å². The number of ether oxygens (including phenoxy) is 1. The zero-order valence-electron chi connectivity index (χ0n) is 24.9. The number of esters is 1. The van der Waals surface area contributed by atoms with E-state index in [1.807, 2.05) is 13.8 Å². The van der Waals surface area contributed by atoms with Crippen LogP contribution >= 0.6 is 0 Å². The fraction of sp³-hybridized carbons (Fsp3) is 0.633. The van der Waals surface area contributed by atoms with Crippen molar-refractivity contribution >= 4 is 29.8 Å². The van der Waals surface area contributed by atoms with Gasteiger partial charge in [0.05, 0.1) is 19.0 Å². The molecule has 3 rings (SSSR count). The third-order valence-corrected chi connectivity index (χ3v) is 7.91. The van der Waals surface area contributed by atoms with Crippen LogP contribution < -0.4 is 11.1 Å². The highest BCUT2D eigenvalue weighted by atomic mass is 17.2. The van der Waals surface area contributed by atoms with Gasteiger partial charge in [0.1, 0.15) is 11.5 Å². The molecule has 0 aromatic heterocycles. The first-order valence-electron chi connectivity index (χ1n) is 15.0. The monoisotopic (exact) mass is 605 g/mol. The van der Waals surface area contributed by atoms with Gasteiger partial charge in [-0.15, -0.1) is 0 Å². The highest BCUT2D eigenvalue weighted by molar-refractivity contribution is 5.87. The number of hydroxylamine groups is 2. The van der Waals surface area contributed by atoms with E-state index >= 15 is 0 Å². The van der Waals surface area contributed by atoms with Crippen LogP contribution in [-0.2, 0) is 55.2 Å². The molecule has 4 N–H and O–H groups in total. The maximum Gasteiger partial charge on any atom is 0.369 e. The average molecular weight is 606 g/mol. The van der Waals surface area contributed by atoms with Gasteiger partial charge in [-0.2, -0.15) is 0 Å². The summed E-state index contributed by atoms with van der Waals surface area (Å²) in [5.41, 5.74) is 5.56. The van der Waals surface area contributed by atoms with Crippen LogP contribution in [0.25, 0.3) is 0 Å². The average Bonchev–Trinajstić information content (AvgIpc) is 3.05. The van der Waals surface area contributed by atoms with Crippen LogP contribution in [0.1, 0.15) is 89.2 Å². The minimum Gasteiger partial charge on any atom is -0.481 e. The van der Waals surface area contributed by atoms with Gasteiger partial charge in [-0.05, 0) is 43.2 Å². The maximum atomic E-state index is 14.6. The first-order valence-corrected chi connectivity index (χ1v) is 15.0. The number of carboxylic acids is 1. The van der Waals surface area contributed by atoms with Crippen molar-refractivity contribution in [3.8, 4) is 0 Å². The lowest BCUT2D eigenvalue weighted by Gasteiger charge is -2.46. The summed E-state index contributed by atoms with van der Waals surface area (Å²) in [5.74, 6) is -4.06. The summed E-state index contributed by atoms with van der Waals surface area (Å²) in [6.07, 6.45) is 3.85. The predicted octanol–water partition coefficient (Wildman–Crippen LogP) is 2.44. The molecule has 1 aromatic carbocycles. The maximum absolute atomic E-state index is 14.6. The van der Waals surface area contributed by atoms with Crippen LogP contribution in [0.4, 0.5) is 0 Å². The zero-order valence-corrected chi connectivity index (χ0v) is 24.9. The van der Waals surface area contributed by atoms with Crippen LogP contribution in [0.15, 0.2) is 24.3 Å². The quantitative estimate of drug-likeness (QED) is 0.137. The number of carbonyl (C=O) groups excluding carboxylic acids is 4. The van der Waals surface area contributed by atoms with E-state index < -0.39 is 60.1 Å². The molecule has 0 aliphatic carbocycles. The number of hydrogen-bond donors (Lipinski definition) is 3. The normalized spacial score (nSPS) is 25.7. The minimum atomic E-state index is -1.72. The number of fused-ring (bicyclic) bond motifs is 4. The molecule has 13 heteroatoms. The Balaban J connectivity index is 2.25. The van der Waals surface area contributed by atoms with Gasteiger partial charge in [0.25, 0.3) is 0 Å². The summed E-state index contributed by atoms with van der Waals surface area (Å²) in [6.45, 7) is 3.13. The Morgan fingerprint density at radius 1 is 1.05 bits per heavy atom. The molecule has 238 valence electrons. The SMILES string of the molecule is CCCCCC(=O)OOC(=O)C12c3ccccc3CC(N)C(=O)ON(COC(=O)CNC1CCC)C2CCCCC(=O)O. The van der Waals surface area contributed by atoms with Crippen LogP contribution in [0.2, 0.25) is 0 Å². The van der Waals surface area contributed by atoms with E-state index in [4.69, 9.17) is 25.1 Å². The van der Waals surface area contributed by atoms with E-state index in [-0.39, 0.29) is 38.6 Å². The van der Waals surface area contributed by atoms with Gasteiger partial charge in [-0.25, -0.2) is 24.2 Å². The van der Waals surface area contributed by atoms with E-state index in [2.05, 4.69) is 5.32 Å². The van der Waals surface area contributed by atoms with Gasteiger partial charge in [0.15, 0.2) is 6.73 Å². The number of unbranched alkanes of at least 4 members (excludes halogenated alkanes) is 3. The number of hydrogen-bond acceptors (Lipinski definition) is 12. The molecule has 2 bridgehead atoms. The number of nitrogens with two attached hydrogens (primary N) is 1. The number of nitrogens with zero attached hydrogens (tertiary/aromatic N) is 1. The molecule has 5 unspecified atom stereocenters. The van der Waals surface area contributed by atoms with Crippen molar-refractivity contribution in [2.45, 2.75) is 108 Å². The molecule has 1 aromatic rings. The van der Waals surface area contributed by atoms with Crippen LogP contribution in [0, 0.1) is 0 Å². The molecule has 0 saturated carbocycles. The molecule has 2 heterocycles. The molecule has 43 heavy (non-hydrogen) atoms. The number of nitrogens with one attached hydrogen (secondary N) is 1. The minimum absolute atomic E-state index is 0.0268. The van der Waals surface area contributed by atoms with Gasteiger partial charge in [-0.3, -0.25) is 9.59 Å². The second-order valence-corrected chi connectivity index (χ2v) is 11.0. The lowest BCUT2D eigenvalue weighted by Crippen LogP contribution is -2.65. The highest BCUT2D eigenvalue weighted by Crippen LogP contribution is 2.43. The van der Waals surface area contributed by atoms with Crippen LogP contribution in [0.5, 0.6) is 0 Å². The first kappa shape index (κ1) is 33.9. The molecule has 1 saturated heterocycles. The van der Waals surface area contributed by atoms with Crippen LogP contribution in [0.3, 0.4) is 0 Å². The van der Waals surface area contributed by atoms with Gasteiger partial charge in [0.2, 0.25) is 0 Å². The first-order chi connectivity index (χ1) is 20.6. The molecule has 5 atom stereocenters. The van der Waals surface area contributed by atoms with Crippen molar-refractivity contribution in [3.05, 3.63) is 35.4 Å². The topological polar surface area (TPSA) is 184 Å².